The van der Waals surface area contributed by atoms with E-state index in [1.807, 2.05) is 0 Å². The van der Waals surface area contributed by atoms with Gasteiger partial charge in [-0.25, -0.2) is 0 Å². The van der Waals surface area contributed by atoms with E-state index < -0.39 is 0 Å². The predicted molar refractivity (Wildman–Crippen MR) is 85.2 cm³/mol. The summed E-state index contributed by atoms with van der Waals surface area (Å²) >= 11 is 0. The highest BCUT2D eigenvalue weighted by atomic mass is 15.1. The minimum atomic E-state index is 0.479. The van der Waals surface area contributed by atoms with Gasteiger partial charge in [0.1, 0.15) is 0 Å². The van der Waals surface area contributed by atoms with E-state index in [-0.39, 0.29) is 0 Å². The van der Waals surface area contributed by atoms with Gasteiger partial charge >= 0.3 is 0 Å². The summed E-state index contributed by atoms with van der Waals surface area (Å²) < 4.78 is 0. The number of likely N-dealkylation sites (N-methyl/N-ethyl adjacent to an activating group) is 1. The Bertz CT molecular complexity index is 246. The van der Waals surface area contributed by atoms with Crippen LogP contribution in [0, 0.1) is 23.2 Å². The van der Waals surface area contributed by atoms with Crippen LogP contribution in [-0.2, 0) is 0 Å². The molecule has 0 bridgehead atoms. The average Bonchev–Trinajstić information content (AvgIpc) is 2.28. The number of rotatable bonds is 5. The summed E-state index contributed by atoms with van der Waals surface area (Å²) in [5, 5.41) is 0. The van der Waals surface area contributed by atoms with Crippen LogP contribution in [0.5, 0.6) is 0 Å². The molecule has 1 fully saturated rings. The summed E-state index contributed by atoms with van der Waals surface area (Å²) in [7, 11) is 2.26. The van der Waals surface area contributed by atoms with Crippen molar-refractivity contribution in [3.8, 4) is 0 Å². The number of nitrogens with two attached hydrogens (primary N) is 1. The van der Waals surface area contributed by atoms with Gasteiger partial charge in [-0.3, -0.25) is 0 Å². The second kappa shape index (κ2) is 7.08. The normalized spacial score (nSPS) is 27.0. The Morgan fingerprint density at radius 2 is 1.63 bits per heavy atom. The molecule has 19 heavy (non-hydrogen) atoms. The second-order valence-corrected chi connectivity index (χ2v) is 8.11. The van der Waals surface area contributed by atoms with Crippen LogP contribution in [0.2, 0.25) is 0 Å². The van der Waals surface area contributed by atoms with Gasteiger partial charge in [0.15, 0.2) is 0 Å². The molecule has 0 spiro atoms. The summed E-state index contributed by atoms with van der Waals surface area (Å²) in [5.41, 5.74) is 6.54. The fraction of sp³-hybridized carbons (Fsp3) is 1.00. The molecule has 1 aliphatic carbocycles. The molecule has 1 atom stereocenters. The van der Waals surface area contributed by atoms with Crippen LogP contribution in [0.25, 0.3) is 0 Å². The molecule has 114 valence electrons. The van der Waals surface area contributed by atoms with Gasteiger partial charge < -0.3 is 10.6 Å². The van der Waals surface area contributed by atoms with Gasteiger partial charge in [0.25, 0.3) is 0 Å². The SMILES string of the molecule is CC(C)CN(C)C(CN)C1CCC(C(C)(C)C)CC1. The molecular weight excluding hydrogens is 232 g/mol. The number of nitrogens with zero attached hydrogens (tertiary/aromatic N) is 1. The van der Waals surface area contributed by atoms with Gasteiger partial charge in [0.05, 0.1) is 0 Å². The van der Waals surface area contributed by atoms with Crippen LogP contribution >= 0.6 is 0 Å². The lowest BCUT2D eigenvalue weighted by molar-refractivity contribution is 0.0897. The monoisotopic (exact) mass is 268 g/mol. The summed E-state index contributed by atoms with van der Waals surface area (Å²) in [6.07, 6.45) is 5.51. The minimum absolute atomic E-state index is 0.479. The molecule has 0 saturated heterocycles. The van der Waals surface area contributed by atoms with Crippen molar-refractivity contribution in [1.82, 2.24) is 4.90 Å². The third kappa shape index (κ3) is 5.07. The third-order valence-corrected chi connectivity index (χ3v) is 5.00. The van der Waals surface area contributed by atoms with E-state index in [1.165, 1.54) is 32.2 Å². The maximum absolute atomic E-state index is 6.06. The zero-order valence-corrected chi connectivity index (χ0v) is 14.1. The Balaban J connectivity index is 2.52. The van der Waals surface area contributed by atoms with Gasteiger partial charge in [0, 0.05) is 19.1 Å². The largest absolute Gasteiger partial charge is 0.329 e. The first-order valence-corrected chi connectivity index (χ1v) is 8.16. The molecule has 2 N–H and O–H groups in total. The molecule has 2 nitrogen and oxygen atoms in total. The van der Waals surface area contributed by atoms with Crippen LogP contribution in [-0.4, -0.2) is 31.1 Å². The van der Waals surface area contributed by atoms with Gasteiger partial charge in [-0.2, -0.15) is 0 Å². The second-order valence-electron chi connectivity index (χ2n) is 8.11. The third-order valence-electron chi connectivity index (χ3n) is 5.00. The quantitative estimate of drug-likeness (QED) is 0.823. The Hall–Kier alpha value is -0.0800. The van der Waals surface area contributed by atoms with Gasteiger partial charge in [-0.1, -0.05) is 34.6 Å². The Morgan fingerprint density at radius 3 is 2.00 bits per heavy atom. The van der Waals surface area contributed by atoms with Crippen LogP contribution in [0.3, 0.4) is 0 Å². The number of hydrogen-bond acceptors (Lipinski definition) is 2. The molecule has 0 heterocycles. The molecule has 0 aliphatic heterocycles. The minimum Gasteiger partial charge on any atom is -0.329 e. The van der Waals surface area contributed by atoms with E-state index >= 15 is 0 Å². The Morgan fingerprint density at radius 1 is 1.11 bits per heavy atom. The lowest BCUT2D eigenvalue weighted by Gasteiger charge is -2.42. The average molecular weight is 268 g/mol. The van der Waals surface area contributed by atoms with Gasteiger partial charge in [-0.05, 0) is 55.9 Å². The molecule has 1 unspecified atom stereocenters. The molecule has 0 aromatic rings. The fourth-order valence-electron chi connectivity index (χ4n) is 3.81. The molecule has 0 radical (unpaired) electrons. The van der Waals surface area contributed by atoms with Crippen molar-refractivity contribution in [3.63, 3.8) is 0 Å². The van der Waals surface area contributed by atoms with Gasteiger partial charge in [-0.15, -0.1) is 0 Å². The molecule has 1 rings (SSSR count). The highest BCUT2D eigenvalue weighted by Gasteiger charge is 2.33. The molecule has 1 saturated carbocycles. The lowest BCUT2D eigenvalue weighted by Crippen LogP contribution is -2.46. The Kier molecular flexibility index (Phi) is 6.32. The van der Waals surface area contributed by atoms with E-state index in [1.54, 1.807) is 0 Å². The molecule has 0 amide bonds. The molecule has 1 aliphatic rings. The van der Waals surface area contributed by atoms with E-state index in [9.17, 15) is 0 Å². The Labute approximate surface area is 121 Å². The predicted octanol–water partition coefficient (Wildman–Crippen LogP) is 3.75. The standard InChI is InChI=1S/C17H36N2/c1-13(2)12-19(6)16(11-18)14-7-9-15(10-8-14)17(3,4)5/h13-16H,7-12,18H2,1-6H3. The van der Waals surface area contributed by atoms with Crippen molar-refractivity contribution >= 4 is 0 Å². The van der Waals surface area contributed by atoms with Crippen LogP contribution in [0.4, 0.5) is 0 Å². The lowest BCUT2D eigenvalue weighted by atomic mass is 9.68. The smallest absolute Gasteiger partial charge is 0.0243 e. The van der Waals surface area contributed by atoms with Crippen LogP contribution in [0.1, 0.15) is 60.3 Å². The van der Waals surface area contributed by atoms with Crippen LogP contribution in [0.15, 0.2) is 0 Å². The first-order valence-electron chi connectivity index (χ1n) is 8.16. The van der Waals surface area contributed by atoms with E-state index in [4.69, 9.17) is 5.73 Å². The summed E-state index contributed by atoms with van der Waals surface area (Å²) in [4.78, 5) is 2.51. The van der Waals surface area contributed by atoms with Crippen molar-refractivity contribution in [2.24, 2.45) is 28.9 Å². The molecular formula is C17H36N2. The topological polar surface area (TPSA) is 29.3 Å². The summed E-state index contributed by atoms with van der Waals surface area (Å²) in [6, 6.07) is 0.586. The van der Waals surface area contributed by atoms with E-state index in [2.05, 4.69) is 46.6 Å². The fourth-order valence-corrected chi connectivity index (χ4v) is 3.81. The van der Waals surface area contributed by atoms with Crippen molar-refractivity contribution < 1.29 is 0 Å². The van der Waals surface area contributed by atoms with Crippen molar-refractivity contribution in [1.29, 1.82) is 0 Å². The van der Waals surface area contributed by atoms with E-state index in [0.717, 1.165) is 24.3 Å². The van der Waals surface area contributed by atoms with Crippen LogP contribution < -0.4 is 5.73 Å². The molecule has 0 aromatic carbocycles. The highest BCUT2D eigenvalue weighted by Crippen LogP contribution is 2.41. The first kappa shape index (κ1) is 17.0. The molecule has 2 heteroatoms. The maximum atomic E-state index is 6.06. The highest BCUT2D eigenvalue weighted by molar-refractivity contribution is 4.87. The summed E-state index contributed by atoms with van der Waals surface area (Å²) in [5.74, 6) is 2.44. The van der Waals surface area contributed by atoms with Crippen molar-refractivity contribution in [2.75, 3.05) is 20.1 Å². The maximum Gasteiger partial charge on any atom is 0.0243 e. The van der Waals surface area contributed by atoms with E-state index in [0.29, 0.717) is 11.5 Å². The zero-order chi connectivity index (χ0) is 14.6. The van der Waals surface area contributed by atoms with Crippen molar-refractivity contribution in [3.05, 3.63) is 0 Å². The van der Waals surface area contributed by atoms with Gasteiger partial charge in [0.2, 0.25) is 0 Å². The summed E-state index contributed by atoms with van der Waals surface area (Å²) in [6.45, 7) is 13.7. The van der Waals surface area contributed by atoms with Crippen molar-refractivity contribution in [2.45, 2.75) is 66.3 Å². The number of hydrogen-bond donors (Lipinski definition) is 1. The molecule has 0 aromatic heterocycles. The zero-order valence-electron chi connectivity index (χ0n) is 14.1. The first-order chi connectivity index (χ1) is 8.75.